The lowest BCUT2D eigenvalue weighted by Crippen LogP contribution is -2.47. The van der Waals surface area contributed by atoms with Gasteiger partial charge in [-0.05, 0) is 51.3 Å². The Labute approximate surface area is 219 Å². The lowest BCUT2D eigenvalue weighted by atomic mass is 9.91. The van der Waals surface area contributed by atoms with Gasteiger partial charge in [0.1, 0.15) is 29.3 Å². The van der Waals surface area contributed by atoms with Crippen LogP contribution in [0.1, 0.15) is 69.1 Å². The molecule has 0 bridgehead atoms. The molecule has 2 aromatic rings. The highest BCUT2D eigenvalue weighted by atomic mass is 35.5. The van der Waals surface area contributed by atoms with Crippen LogP contribution in [0.15, 0.2) is 12.1 Å². The van der Waals surface area contributed by atoms with Crippen molar-refractivity contribution in [2.45, 2.75) is 65.2 Å². The number of hydrogen-bond acceptors (Lipinski definition) is 6. The van der Waals surface area contributed by atoms with E-state index >= 15 is 0 Å². The van der Waals surface area contributed by atoms with Crippen molar-refractivity contribution in [1.82, 2.24) is 24.8 Å². The molecule has 0 saturated carbocycles. The maximum Gasteiger partial charge on any atom is 0.410 e. The third-order valence-electron chi connectivity index (χ3n) is 6.67. The van der Waals surface area contributed by atoms with Crippen LogP contribution in [0.5, 0.6) is 5.75 Å². The van der Waals surface area contributed by atoms with E-state index in [9.17, 15) is 18.4 Å². The van der Waals surface area contributed by atoms with Gasteiger partial charge in [-0.15, -0.1) is 5.10 Å². The molecule has 37 heavy (non-hydrogen) atoms. The Hall–Kier alpha value is -2.95. The summed E-state index contributed by atoms with van der Waals surface area (Å²) in [5, 5.41) is 8.03. The van der Waals surface area contributed by atoms with E-state index in [1.165, 1.54) is 7.05 Å². The zero-order valence-corrected chi connectivity index (χ0v) is 22.4. The number of alkyl halides is 2. The van der Waals surface area contributed by atoms with E-state index in [0.717, 1.165) is 16.7 Å². The van der Waals surface area contributed by atoms with Crippen LogP contribution in [0.2, 0.25) is 5.02 Å². The molecule has 1 aromatic carbocycles. The molecule has 1 fully saturated rings. The van der Waals surface area contributed by atoms with E-state index in [1.807, 2.05) is 6.92 Å². The molecule has 0 N–H and O–H groups in total. The van der Waals surface area contributed by atoms with Crippen molar-refractivity contribution in [2.24, 2.45) is 13.0 Å². The molecule has 9 nitrogen and oxygen atoms in total. The molecular weight excluding hydrogens is 508 g/mol. The Kier molecular flexibility index (Phi) is 7.64. The van der Waals surface area contributed by atoms with Crippen molar-refractivity contribution >= 4 is 23.6 Å². The van der Waals surface area contributed by atoms with Gasteiger partial charge in [-0.3, -0.25) is 9.69 Å². The second kappa shape index (κ2) is 10.4. The minimum Gasteiger partial charge on any atom is -0.487 e. The Bertz CT molecular complexity index is 1180. The van der Waals surface area contributed by atoms with Crippen LogP contribution in [0.4, 0.5) is 13.6 Å². The first-order valence-electron chi connectivity index (χ1n) is 12.3. The number of halogens is 3. The molecule has 2 atom stereocenters. The van der Waals surface area contributed by atoms with Gasteiger partial charge in [-0.2, -0.15) is 0 Å². The van der Waals surface area contributed by atoms with Gasteiger partial charge in [-0.1, -0.05) is 23.7 Å². The minimum absolute atomic E-state index is 0.0149. The Morgan fingerprint density at radius 3 is 2.62 bits per heavy atom. The summed E-state index contributed by atoms with van der Waals surface area (Å²) in [5.41, 5.74) is 0.398. The predicted octanol–water partition coefficient (Wildman–Crippen LogP) is 4.69. The summed E-state index contributed by atoms with van der Waals surface area (Å²) in [6.45, 7) is 8.15. The summed E-state index contributed by atoms with van der Waals surface area (Å²) in [6.07, 6.45) is -2.11. The van der Waals surface area contributed by atoms with Crippen LogP contribution >= 0.6 is 11.6 Å². The van der Waals surface area contributed by atoms with Crippen molar-refractivity contribution in [3.63, 3.8) is 0 Å². The summed E-state index contributed by atoms with van der Waals surface area (Å²) in [6, 6.07) is 2.74. The lowest BCUT2D eigenvalue weighted by molar-refractivity contribution is -0.131. The smallest absolute Gasteiger partial charge is 0.410 e. The highest BCUT2D eigenvalue weighted by Crippen LogP contribution is 2.42. The number of aromatic nitrogens is 3. The molecule has 2 aliphatic rings. The van der Waals surface area contributed by atoms with Crippen molar-refractivity contribution < 1.29 is 27.8 Å². The minimum atomic E-state index is -2.77. The van der Waals surface area contributed by atoms with Gasteiger partial charge in [-0.25, -0.2) is 18.3 Å². The molecule has 1 saturated heterocycles. The molecule has 0 spiro atoms. The third kappa shape index (κ3) is 5.66. The largest absolute Gasteiger partial charge is 0.487 e. The number of likely N-dealkylation sites (tertiary alicyclic amines) is 1. The van der Waals surface area contributed by atoms with Crippen molar-refractivity contribution in [3.05, 3.63) is 39.7 Å². The molecule has 2 amide bonds. The van der Waals surface area contributed by atoms with Crippen LogP contribution in [0.3, 0.4) is 0 Å². The fraction of sp³-hybridized carbons (Fsp3) is 0.600. The van der Waals surface area contributed by atoms with Crippen molar-refractivity contribution in [1.29, 1.82) is 0 Å². The summed E-state index contributed by atoms with van der Waals surface area (Å²) >= 11 is 6.57. The molecule has 2 aliphatic heterocycles. The molecule has 4 rings (SSSR count). The van der Waals surface area contributed by atoms with E-state index < -0.39 is 24.2 Å². The molecule has 12 heteroatoms. The number of benzene rings is 1. The molecular formula is C25H32ClF2N5O4. The standard InChI is InChI=1S/C25H32ClF2N5O4/c1-14-8-10-32(23(14)34)12-18-20-15(9-11-33(18)24(35)37-25(2,3)4)16(26)6-7-19(20)36-13-17-21(22(27)28)31(5)30-29-17/h6-7,14,18,22H,8-13H2,1-5H3/t14-,18+/m0/s1. The maximum absolute atomic E-state index is 13.5. The topological polar surface area (TPSA) is 89.8 Å². The Balaban J connectivity index is 1.72. The molecule has 202 valence electrons. The number of nitrogens with zero attached hydrogens (tertiary/aromatic N) is 5. The second-order valence-electron chi connectivity index (χ2n) is 10.5. The number of aryl methyl sites for hydroxylation is 1. The average Bonchev–Trinajstić information content (AvgIpc) is 3.34. The number of amides is 2. The molecule has 1 aromatic heterocycles. The van der Waals surface area contributed by atoms with Gasteiger partial charge < -0.3 is 14.4 Å². The van der Waals surface area contributed by atoms with E-state index in [4.69, 9.17) is 21.1 Å². The van der Waals surface area contributed by atoms with Crippen LogP contribution in [-0.2, 0) is 29.6 Å². The normalized spacial score (nSPS) is 20.0. The first-order valence-corrected chi connectivity index (χ1v) is 12.6. The monoisotopic (exact) mass is 539 g/mol. The van der Waals surface area contributed by atoms with Gasteiger partial charge in [0.05, 0.1) is 6.04 Å². The quantitative estimate of drug-likeness (QED) is 0.529. The van der Waals surface area contributed by atoms with Crippen molar-refractivity contribution in [3.8, 4) is 5.75 Å². The van der Waals surface area contributed by atoms with Gasteiger partial charge >= 0.3 is 6.09 Å². The molecule has 3 heterocycles. The van der Waals surface area contributed by atoms with Gasteiger partial charge in [0, 0.05) is 43.2 Å². The number of ether oxygens (including phenoxy) is 2. The molecule has 0 unspecified atom stereocenters. The zero-order valence-electron chi connectivity index (χ0n) is 21.6. The second-order valence-corrected chi connectivity index (χ2v) is 10.9. The highest BCUT2D eigenvalue weighted by molar-refractivity contribution is 6.31. The Morgan fingerprint density at radius 1 is 1.27 bits per heavy atom. The van der Waals surface area contributed by atoms with E-state index in [-0.39, 0.29) is 36.4 Å². The maximum atomic E-state index is 13.5. The number of carbonyl (C=O) groups excluding carboxylic acids is 2. The molecule has 0 aliphatic carbocycles. The van der Waals surface area contributed by atoms with Gasteiger partial charge in [0.2, 0.25) is 5.91 Å². The highest BCUT2D eigenvalue weighted by Gasteiger charge is 2.40. The van der Waals surface area contributed by atoms with E-state index in [1.54, 1.807) is 42.7 Å². The number of hydrogen-bond donors (Lipinski definition) is 0. The summed E-state index contributed by atoms with van der Waals surface area (Å²) in [5.74, 6) is 0.294. The van der Waals surface area contributed by atoms with E-state index in [2.05, 4.69) is 10.3 Å². The number of fused-ring (bicyclic) bond motifs is 1. The first kappa shape index (κ1) is 27.1. The third-order valence-corrected chi connectivity index (χ3v) is 7.03. The summed E-state index contributed by atoms with van der Waals surface area (Å²) < 4.78 is 39.8. The number of carbonyl (C=O) groups is 2. The molecule has 0 radical (unpaired) electrons. The lowest BCUT2D eigenvalue weighted by Gasteiger charge is -2.40. The van der Waals surface area contributed by atoms with Crippen molar-refractivity contribution in [2.75, 3.05) is 19.6 Å². The van der Waals surface area contributed by atoms with Gasteiger partial charge in [0.25, 0.3) is 6.43 Å². The average molecular weight is 540 g/mol. The predicted molar refractivity (Wildman–Crippen MR) is 131 cm³/mol. The van der Waals surface area contributed by atoms with Crippen LogP contribution in [-0.4, -0.2) is 62.0 Å². The fourth-order valence-electron chi connectivity index (χ4n) is 4.84. The van der Waals surface area contributed by atoms with E-state index in [0.29, 0.717) is 35.8 Å². The first-order chi connectivity index (χ1) is 17.4. The van der Waals surface area contributed by atoms with Crippen LogP contribution in [0.25, 0.3) is 0 Å². The summed E-state index contributed by atoms with van der Waals surface area (Å²) in [4.78, 5) is 29.4. The van der Waals surface area contributed by atoms with Gasteiger partial charge in [0.15, 0.2) is 0 Å². The summed E-state index contributed by atoms with van der Waals surface area (Å²) in [7, 11) is 1.39. The Morgan fingerprint density at radius 2 is 2.00 bits per heavy atom. The number of rotatable bonds is 6. The fourth-order valence-corrected chi connectivity index (χ4v) is 5.10. The van der Waals surface area contributed by atoms with Crippen LogP contribution in [0, 0.1) is 5.92 Å². The zero-order chi connectivity index (χ0) is 27.1. The van der Waals surface area contributed by atoms with Crippen LogP contribution < -0.4 is 4.74 Å². The SMILES string of the molecule is C[C@H]1CCN(C[C@@H]2c3c(OCc4nnn(C)c4C(F)F)ccc(Cl)c3CCN2C(=O)OC(C)(C)C)C1=O.